The number of ether oxygens (including phenoxy) is 2. The second-order valence-electron chi connectivity index (χ2n) is 9.13. The number of carboxylic acid groups (broad SMARTS) is 1. The third kappa shape index (κ3) is 7.06. The van der Waals surface area contributed by atoms with Gasteiger partial charge in [0.1, 0.15) is 11.5 Å². The lowest BCUT2D eigenvalue weighted by molar-refractivity contribution is -0.138. The number of aromatic nitrogens is 1. The highest BCUT2D eigenvalue weighted by molar-refractivity contribution is 5.69. The van der Waals surface area contributed by atoms with Crippen LogP contribution < -0.4 is 4.74 Å². The van der Waals surface area contributed by atoms with Gasteiger partial charge in [-0.3, -0.25) is 9.69 Å². The Balaban J connectivity index is 1.33. The summed E-state index contributed by atoms with van der Waals surface area (Å²) in [4.78, 5) is 17.6. The molecule has 0 saturated carbocycles. The summed E-state index contributed by atoms with van der Waals surface area (Å²) in [6.45, 7) is 8.74. The number of nitrogens with zero attached hydrogens (tertiary/aromatic N) is 2. The van der Waals surface area contributed by atoms with Crippen molar-refractivity contribution in [2.45, 2.75) is 38.6 Å². The van der Waals surface area contributed by atoms with E-state index in [0.717, 1.165) is 54.4 Å². The molecule has 7 nitrogen and oxygen atoms in total. The molecule has 0 spiro atoms. The maximum atomic E-state index is 11.1. The van der Waals surface area contributed by atoms with Crippen molar-refractivity contribution in [1.29, 1.82) is 0 Å². The topological polar surface area (TPSA) is 85.0 Å². The maximum Gasteiger partial charge on any atom is 0.317 e. The Labute approximate surface area is 212 Å². The van der Waals surface area contributed by atoms with Gasteiger partial charge in [-0.1, -0.05) is 30.3 Å². The van der Waals surface area contributed by atoms with Gasteiger partial charge in [0.25, 0.3) is 0 Å². The normalized spacial score (nSPS) is 14.2. The first-order chi connectivity index (χ1) is 17.5. The third-order valence-corrected chi connectivity index (χ3v) is 6.40. The largest absolute Gasteiger partial charge is 0.493 e. The van der Waals surface area contributed by atoms with Gasteiger partial charge in [-0.05, 0) is 61.1 Å². The Morgan fingerprint density at radius 2 is 2.00 bits per heavy atom. The van der Waals surface area contributed by atoms with E-state index >= 15 is 0 Å². The van der Waals surface area contributed by atoms with E-state index in [4.69, 9.17) is 24.0 Å². The van der Waals surface area contributed by atoms with Gasteiger partial charge in [0, 0.05) is 38.3 Å². The molecular weight excluding hydrogens is 456 g/mol. The Bertz CT molecular complexity index is 1150. The van der Waals surface area contributed by atoms with Gasteiger partial charge in [-0.2, -0.15) is 0 Å². The fourth-order valence-corrected chi connectivity index (χ4v) is 4.53. The summed E-state index contributed by atoms with van der Waals surface area (Å²) in [6, 6.07) is 16.2. The van der Waals surface area contributed by atoms with Gasteiger partial charge >= 0.3 is 5.97 Å². The molecule has 36 heavy (non-hydrogen) atoms. The van der Waals surface area contributed by atoms with Gasteiger partial charge in [-0.25, -0.2) is 4.98 Å². The van der Waals surface area contributed by atoms with E-state index in [1.54, 1.807) is 6.08 Å². The summed E-state index contributed by atoms with van der Waals surface area (Å²) in [6.07, 6.45) is 4.47. The molecule has 0 bridgehead atoms. The van der Waals surface area contributed by atoms with E-state index in [1.165, 1.54) is 5.56 Å². The number of carboxylic acids is 1. The molecule has 1 N–H and O–H groups in total. The van der Waals surface area contributed by atoms with Gasteiger partial charge in [0.2, 0.25) is 5.89 Å². The van der Waals surface area contributed by atoms with E-state index < -0.39 is 5.97 Å². The zero-order valence-electron chi connectivity index (χ0n) is 20.8. The molecule has 190 valence electrons. The van der Waals surface area contributed by atoms with Crippen LogP contribution in [0.25, 0.3) is 11.5 Å². The fourth-order valence-electron chi connectivity index (χ4n) is 4.53. The van der Waals surface area contributed by atoms with E-state index in [0.29, 0.717) is 37.9 Å². The van der Waals surface area contributed by atoms with E-state index in [-0.39, 0.29) is 6.54 Å². The molecule has 0 amide bonds. The van der Waals surface area contributed by atoms with Gasteiger partial charge < -0.3 is 19.0 Å². The van der Waals surface area contributed by atoms with Crippen LogP contribution in [0.4, 0.5) is 0 Å². The van der Waals surface area contributed by atoms with Crippen LogP contribution in [0.1, 0.15) is 41.3 Å². The average Bonchev–Trinajstić information content (AvgIpc) is 3.25. The molecule has 2 heterocycles. The van der Waals surface area contributed by atoms with Crippen molar-refractivity contribution in [1.82, 2.24) is 9.88 Å². The molecule has 1 aliphatic rings. The van der Waals surface area contributed by atoms with Crippen LogP contribution in [0.2, 0.25) is 0 Å². The zero-order chi connectivity index (χ0) is 25.3. The third-order valence-electron chi connectivity index (χ3n) is 6.40. The number of hydrogen-bond acceptors (Lipinski definition) is 6. The SMILES string of the molecule is C=CCN(CC(=O)O)Cc1cccc(OCCc2nc(-c3ccc(C4CCOCC4)cc3)oc2C)c1. The van der Waals surface area contributed by atoms with Crippen molar-refractivity contribution in [2.75, 3.05) is 32.9 Å². The summed E-state index contributed by atoms with van der Waals surface area (Å²) in [5, 5.41) is 9.11. The Morgan fingerprint density at radius 3 is 2.72 bits per heavy atom. The molecule has 4 rings (SSSR count). The number of oxazole rings is 1. The zero-order valence-corrected chi connectivity index (χ0v) is 20.8. The molecule has 0 aliphatic carbocycles. The van der Waals surface area contributed by atoms with Crippen molar-refractivity contribution in [3.05, 3.63) is 83.8 Å². The highest BCUT2D eigenvalue weighted by Gasteiger charge is 2.17. The molecule has 3 aromatic rings. The van der Waals surface area contributed by atoms with Crippen LogP contribution >= 0.6 is 0 Å². The van der Waals surface area contributed by atoms with Crippen molar-refractivity contribution in [2.24, 2.45) is 0 Å². The lowest BCUT2D eigenvalue weighted by Crippen LogP contribution is -2.29. The monoisotopic (exact) mass is 490 g/mol. The first-order valence-electron chi connectivity index (χ1n) is 12.4. The van der Waals surface area contributed by atoms with E-state index in [9.17, 15) is 4.79 Å². The quantitative estimate of drug-likeness (QED) is 0.348. The predicted octanol–water partition coefficient (Wildman–Crippen LogP) is 5.24. The highest BCUT2D eigenvalue weighted by Crippen LogP contribution is 2.29. The van der Waals surface area contributed by atoms with Crippen molar-refractivity contribution < 1.29 is 23.8 Å². The molecule has 0 radical (unpaired) electrons. The number of benzene rings is 2. The molecule has 2 aromatic carbocycles. The summed E-state index contributed by atoms with van der Waals surface area (Å²) >= 11 is 0. The average molecular weight is 491 g/mol. The summed E-state index contributed by atoms with van der Waals surface area (Å²) in [5.74, 6) is 1.87. The van der Waals surface area contributed by atoms with Gasteiger partial charge in [0.15, 0.2) is 0 Å². The van der Waals surface area contributed by atoms with E-state index in [1.807, 2.05) is 36.1 Å². The molecule has 1 saturated heterocycles. The number of aryl methyl sites for hydroxylation is 1. The molecule has 1 aliphatic heterocycles. The Hall–Kier alpha value is -3.42. The van der Waals surface area contributed by atoms with Crippen LogP contribution in [-0.4, -0.2) is 53.9 Å². The second-order valence-corrected chi connectivity index (χ2v) is 9.13. The smallest absolute Gasteiger partial charge is 0.317 e. The van der Waals surface area contributed by atoms with Crippen molar-refractivity contribution >= 4 is 5.97 Å². The number of carbonyl (C=O) groups is 1. The first-order valence-corrected chi connectivity index (χ1v) is 12.4. The van der Waals surface area contributed by atoms with Crippen LogP contribution in [-0.2, 0) is 22.5 Å². The van der Waals surface area contributed by atoms with Gasteiger partial charge in [0.05, 0.1) is 18.8 Å². The molecule has 1 aromatic heterocycles. The van der Waals surface area contributed by atoms with Crippen LogP contribution in [0.3, 0.4) is 0 Å². The van der Waals surface area contributed by atoms with Crippen LogP contribution in [0.15, 0.2) is 65.6 Å². The second kappa shape index (κ2) is 12.5. The number of rotatable bonds is 12. The predicted molar refractivity (Wildman–Crippen MR) is 138 cm³/mol. The van der Waals surface area contributed by atoms with Crippen molar-refractivity contribution in [3.63, 3.8) is 0 Å². The summed E-state index contributed by atoms with van der Waals surface area (Å²) in [5.41, 5.74) is 4.18. The minimum atomic E-state index is -0.859. The minimum Gasteiger partial charge on any atom is -0.493 e. The molecule has 0 unspecified atom stereocenters. The summed E-state index contributed by atoms with van der Waals surface area (Å²) in [7, 11) is 0. The Morgan fingerprint density at radius 1 is 1.22 bits per heavy atom. The molecule has 1 fully saturated rings. The maximum absolute atomic E-state index is 11.1. The van der Waals surface area contributed by atoms with E-state index in [2.05, 4.69) is 30.8 Å². The molecule has 7 heteroatoms. The van der Waals surface area contributed by atoms with Crippen LogP contribution in [0, 0.1) is 6.92 Å². The van der Waals surface area contributed by atoms with Crippen molar-refractivity contribution in [3.8, 4) is 17.2 Å². The lowest BCUT2D eigenvalue weighted by Gasteiger charge is -2.22. The lowest BCUT2D eigenvalue weighted by atomic mass is 9.91. The molecule has 0 atom stereocenters. The van der Waals surface area contributed by atoms with Gasteiger partial charge in [-0.15, -0.1) is 6.58 Å². The standard InChI is InChI=1S/C29H34N2O5/c1-3-14-31(20-28(32)33)19-22-5-4-6-26(18-22)35-17-13-27-21(2)36-29(30-27)25-9-7-23(8-10-25)24-11-15-34-16-12-24/h3-10,18,24H,1,11-17,19-20H2,2H3,(H,32,33). The highest BCUT2D eigenvalue weighted by atomic mass is 16.5. The minimum absolute atomic E-state index is 0.0385. The number of hydrogen-bond donors (Lipinski definition) is 1. The fraction of sp³-hybridized carbons (Fsp3) is 0.379. The Kier molecular flexibility index (Phi) is 8.92. The van der Waals surface area contributed by atoms with Crippen LogP contribution in [0.5, 0.6) is 5.75 Å². The number of aliphatic carboxylic acids is 1. The summed E-state index contributed by atoms with van der Waals surface area (Å²) < 4.78 is 17.4. The first kappa shape index (κ1) is 25.7. The molecular formula is C29H34N2O5.